The van der Waals surface area contributed by atoms with Crippen LogP contribution in [0.4, 0.5) is 0 Å². The van der Waals surface area contributed by atoms with Crippen LogP contribution in [0.5, 0.6) is 0 Å². The lowest BCUT2D eigenvalue weighted by atomic mass is 9.78. The fraction of sp³-hybridized carbons (Fsp3) is 0.846. The highest BCUT2D eigenvalue weighted by Gasteiger charge is 2.35. The molecule has 0 N–H and O–H groups in total. The minimum absolute atomic E-state index is 0.245. The van der Waals surface area contributed by atoms with E-state index in [-0.39, 0.29) is 5.91 Å². The molecule has 1 aliphatic carbocycles. The SMILES string of the molecule is Cn1nnnc1SCC(=O)N1CCC[C@@H]2CCCC[C@H]21. The van der Waals surface area contributed by atoms with Gasteiger partial charge in [0, 0.05) is 19.6 Å². The van der Waals surface area contributed by atoms with Gasteiger partial charge in [-0.25, -0.2) is 4.68 Å². The first kappa shape index (κ1) is 13.9. The summed E-state index contributed by atoms with van der Waals surface area (Å²) in [6.45, 7) is 0.928. The van der Waals surface area contributed by atoms with Gasteiger partial charge < -0.3 is 4.90 Å². The predicted octanol–water partition coefficient (Wildman–Crippen LogP) is 1.48. The van der Waals surface area contributed by atoms with Crippen molar-refractivity contribution in [2.75, 3.05) is 12.3 Å². The summed E-state index contributed by atoms with van der Waals surface area (Å²) in [7, 11) is 1.80. The number of hydrogen-bond donors (Lipinski definition) is 0. The third-order valence-corrected chi connectivity index (χ3v) is 5.46. The molecule has 2 heterocycles. The monoisotopic (exact) mass is 295 g/mol. The molecule has 0 radical (unpaired) electrons. The summed E-state index contributed by atoms with van der Waals surface area (Å²) < 4.78 is 1.61. The summed E-state index contributed by atoms with van der Waals surface area (Å²) in [5.74, 6) is 1.43. The van der Waals surface area contributed by atoms with Crippen LogP contribution in [-0.2, 0) is 11.8 Å². The van der Waals surface area contributed by atoms with Crippen LogP contribution >= 0.6 is 11.8 Å². The first-order valence-corrected chi connectivity index (χ1v) is 8.39. The Bertz CT molecular complexity index is 475. The molecule has 3 rings (SSSR count). The smallest absolute Gasteiger partial charge is 0.233 e. The number of rotatable bonds is 3. The Kier molecular flexibility index (Phi) is 4.24. The van der Waals surface area contributed by atoms with Crippen LogP contribution in [-0.4, -0.2) is 49.4 Å². The number of thioether (sulfide) groups is 1. The summed E-state index contributed by atoms with van der Waals surface area (Å²) in [6.07, 6.45) is 7.55. The molecule has 7 heteroatoms. The lowest BCUT2D eigenvalue weighted by Gasteiger charge is -2.44. The van der Waals surface area contributed by atoms with Crippen molar-refractivity contribution in [1.29, 1.82) is 0 Å². The van der Waals surface area contributed by atoms with Crippen molar-refractivity contribution in [3.63, 3.8) is 0 Å². The number of tetrazole rings is 1. The molecular weight excluding hydrogens is 274 g/mol. The highest BCUT2D eigenvalue weighted by atomic mass is 32.2. The Morgan fingerprint density at radius 3 is 2.90 bits per heavy atom. The first-order valence-electron chi connectivity index (χ1n) is 7.40. The molecule has 0 aromatic carbocycles. The Morgan fingerprint density at radius 1 is 1.30 bits per heavy atom. The van der Waals surface area contributed by atoms with Crippen LogP contribution in [0.25, 0.3) is 0 Å². The molecule has 2 aliphatic rings. The van der Waals surface area contributed by atoms with Gasteiger partial charge in [0.05, 0.1) is 5.75 Å². The van der Waals surface area contributed by atoms with Crippen LogP contribution < -0.4 is 0 Å². The van der Waals surface area contributed by atoms with E-state index in [1.54, 1.807) is 11.7 Å². The van der Waals surface area contributed by atoms with Crippen molar-refractivity contribution < 1.29 is 4.79 Å². The molecule has 2 fully saturated rings. The number of hydrogen-bond acceptors (Lipinski definition) is 5. The van der Waals surface area contributed by atoms with Crippen LogP contribution in [0.2, 0.25) is 0 Å². The zero-order valence-electron chi connectivity index (χ0n) is 11.9. The van der Waals surface area contributed by atoms with E-state index in [2.05, 4.69) is 20.4 Å². The molecule has 0 bridgehead atoms. The van der Waals surface area contributed by atoms with Gasteiger partial charge in [-0.05, 0) is 42.0 Å². The maximum Gasteiger partial charge on any atom is 0.233 e. The molecule has 1 saturated heterocycles. The number of aryl methyl sites for hydroxylation is 1. The van der Waals surface area contributed by atoms with E-state index >= 15 is 0 Å². The lowest BCUT2D eigenvalue weighted by Crippen LogP contribution is -2.50. The largest absolute Gasteiger partial charge is 0.339 e. The Hall–Kier alpha value is -1.11. The van der Waals surface area contributed by atoms with Crippen LogP contribution in [0.15, 0.2) is 5.16 Å². The highest BCUT2D eigenvalue weighted by Crippen LogP contribution is 2.35. The normalized spacial score (nSPS) is 26.4. The topological polar surface area (TPSA) is 63.9 Å². The number of piperidine rings is 1. The Morgan fingerprint density at radius 2 is 2.10 bits per heavy atom. The minimum Gasteiger partial charge on any atom is -0.339 e. The Balaban J connectivity index is 1.59. The summed E-state index contributed by atoms with van der Waals surface area (Å²) in [6, 6.07) is 0.489. The van der Waals surface area contributed by atoms with Crippen LogP contribution in [0.1, 0.15) is 38.5 Å². The molecule has 0 unspecified atom stereocenters. The molecule has 2 atom stereocenters. The second-order valence-electron chi connectivity index (χ2n) is 5.71. The number of aromatic nitrogens is 4. The number of likely N-dealkylation sites (tertiary alicyclic amines) is 1. The van der Waals surface area contributed by atoms with Crippen molar-refractivity contribution >= 4 is 17.7 Å². The maximum absolute atomic E-state index is 12.5. The van der Waals surface area contributed by atoms with E-state index in [1.807, 2.05) is 0 Å². The average molecular weight is 295 g/mol. The van der Waals surface area contributed by atoms with Gasteiger partial charge in [-0.15, -0.1) is 5.10 Å². The van der Waals surface area contributed by atoms with Crippen molar-refractivity contribution in [2.45, 2.75) is 49.7 Å². The van der Waals surface area contributed by atoms with Crippen LogP contribution in [0.3, 0.4) is 0 Å². The first-order chi connectivity index (χ1) is 9.75. The van der Waals surface area contributed by atoms with Crippen LogP contribution in [0, 0.1) is 5.92 Å². The number of fused-ring (bicyclic) bond motifs is 1. The standard InChI is InChI=1S/C13H21N5OS/c1-17-13(14-15-16-17)20-9-12(19)18-8-4-6-10-5-2-3-7-11(10)18/h10-11H,2-9H2,1H3/t10-,11+/m0/s1. The van der Waals surface area contributed by atoms with Gasteiger partial charge in [-0.2, -0.15) is 0 Å². The molecule has 1 amide bonds. The molecule has 0 spiro atoms. The third-order valence-electron chi connectivity index (χ3n) is 4.47. The van der Waals surface area contributed by atoms with E-state index in [4.69, 9.17) is 0 Å². The fourth-order valence-electron chi connectivity index (χ4n) is 3.49. The predicted molar refractivity (Wildman–Crippen MR) is 76.2 cm³/mol. The van der Waals surface area contributed by atoms with Crippen molar-refractivity contribution in [3.8, 4) is 0 Å². The average Bonchev–Trinajstić information content (AvgIpc) is 2.89. The minimum atomic E-state index is 0.245. The van der Waals surface area contributed by atoms with E-state index in [1.165, 1.54) is 43.9 Å². The van der Waals surface area contributed by atoms with E-state index in [9.17, 15) is 4.79 Å². The number of amides is 1. The van der Waals surface area contributed by atoms with Gasteiger partial charge >= 0.3 is 0 Å². The van der Waals surface area contributed by atoms with Crippen molar-refractivity contribution in [2.24, 2.45) is 13.0 Å². The molecule has 20 heavy (non-hydrogen) atoms. The lowest BCUT2D eigenvalue weighted by molar-refractivity contribution is -0.134. The molecule has 110 valence electrons. The zero-order valence-corrected chi connectivity index (χ0v) is 12.7. The molecule has 1 saturated carbocycles. The molecular formula is C13H21N5OS. The van der Waals surface area contributed by atoms with E-state index in [0.717, 1.165) is 18.9 Å². The van der Waals surface area contributed by atoms with Crippen molar-refractivity contribution in [3.05, 3.63) is 0 Å². The summed E-state index contributed by atoms with van der Waals surface area (Å²) >= 11 is 1.43. The van der Waals surface area contributed by atoms with Gasteiger partial charge in [0.25, 0.3) is 0 Å². The maximum atomic E-state index is 12.5. The van der Waals surface area contributed by atoms with Crippen molar-refractivity contribution in [1.82, 2.24) is 25.1 Å². The van der Waals surface area contributed by atoms with Gasteiger partial charge in [0.1, 0.15) is 0 Å². The Labute approximate surface area is 123 Å². The summed E-state index contributed by atoms with van der Waals surface area (Å²) in [5.41, 5.74) is 0. The number of carbonyl (C=O) groups excluding carboxylic acids is 1. The second kappa shape index (κ2) is 6.11. The van der Waals surface area contributed by atoms with Gasteiger partial charge in [-0.3, -0.25) is 4.79 Å². The number of carbonyl (C=O) groups is 1. The quantitative estimate of drug-likeness (QED) is 0.790. The number of nitrogens with zero attached hydrogens (tertiary/aromatic N) is 5. The molecule has 1 aliphatic heterocycles. The summed E-state index contributed by atoms with van der Waals surface area (Å²) in [4.78, 5) is 14.6. The summed E-state index contributed by atoms with van der Waals surface area (Å²) in [5, 5.41) is 12.0. The molecule has 1 aromatic rings. The van der Waals surface area contributed by atoms with Gasteiger partial charge in [0.15, 0.2) is 0 Å². The zero-order chi connectivity index (χ0) is 13.9. The highest BCUT2D eigenvalue weighted by molar-refractivity contribution is 7.99. The third kappa shape index (κ3) is 2.82. The van der Waals surface area contributed by atoms with Gasteiger partial charge in [-0.1, -0.05) is 24.6 Å². The van der Waals surface area contributed by atoms with Gasteiger partial charge in [0.2, 0.25) is 11.1 Å². The second-order valence-corrected chi connectivity index (χ2v) is 6.66. The van der Waals surface area contributed by atoms with E-state index < -0.39 is 0 Å². The fourth-order valence-corrected chi connectivity index (χ4v) is 4.22. The van der Waals surface area contributed by atoms with E-state index in [0.29, 0.717) is 17.0 Å². The molecule has 6 nitrogen and oxygen atoms in total. The molecule has 1 aromatic heterocycles.